The Balaban J connectivity index is 0.886. The van der Waals surface area contributed by atoms with Crippen molar-refractivity contribution in [3.8, 4) is 59.9 Å². The molecule has 0 saturated heterocycles. The molecule has 348 valence electrons. The molecule has 0 spiro atoms. The van der Waals surface area contributed by atoms with Gasteiger partial charge in [0.1, 0.15) is 0 Å². The topological polar surface area (TPSA) is 8.17 Å². The second-order valence-corrected chi connectivity index (χ2v) is 18.9. The molecule has 0 aliphatic heterocycles. The number of para-hydroxylation sites is 1. The van der Waals surface area contributed by atoms with Crippen LogP contribution in [0, 0.1) is 0 Å². The van der Waals surface area contributed by atoms with Gasteiger partial charge in [-0.25, -0.2) is 0 Å². The molecule has 0 aliphatic carbocycles. The van der Waals surface area contributed by atoms with Crippen molar-refractivity contribution in [2.75, 3.05) is 4.90 Å². The molecule has 0 N–H and O–H groups in total. The summed E-state index contributed by atoms with van der Waals surface area (Å²) in [4.78, 5) is 4.80. The summed E-state index contributed by atoms with van der Waals surface area (Å²) in [5.41, 5.74) is 18.3. The van der Waals surface area contributed by atoms with E-state index in [2.05, 4.69) is 277 Å². The molecular formula is C70H52N2S. The van der Waals surface area contributed by atoms with Crippen molar-refractivity contribution in [1.82, 2.24) is 4.57 Å². The first-order valence-corrected chi connectivity index (χ1v) is 25.4. The van der Waals surface area contributed by atoms with Crippen LogP contribution < -0.4 is 4.90 Å². The summed E-state index contributed by atoms with van der Waals surface area (Å²) >= 11 is 1.83. The molecule has 0 fully saturated rings. The second kappa shape index (κ2) is 21.4. The van der Waals surface area contributed by atoms with Gasteiger partial charge in [0.2, 0.25) is 0 Å². The minimum Gasteiger partial charge on any atom is -0.311 e. The number of allylic oxidation sites excluding steroid dienone is 7. The summed E-state index contributed by atoms with van der Waals surface area (Å²) in [7, 11) is 0. The minimum absolute atomic E-state index is 0.961. The van der Waals surface area contributed by atoms with Crippen LogP contribution in [0.1, 0.15) is 11.1 Å². The summed E-state index contributed by atoms with van der Waals surface area (Å²) in [6.45, 7) is 8.01. The van der Waals surface area contributed by atoms with E-state index in [1.165, 1.54) is 64.9 Å². The fourth-order valence-corrected chi connectivity index (χ4v) is 10.5. The Morgan fingerprint density at radius 1 is 0.384 bits per heavy atom. The smallest absolute Gasteiger partial charge is 0.0541 e. The maximum absolute atomic E-state index is 4.24. The number of nitrogens with zero attached hydrogens (tertiary/aromatic N) is 2. The Hall–Kier alpha value is -9.28. The summed E-state index contributed by atoms with van der Waals surface area (Å²) in [6.07, 6.45) is 18.0. The van der Waals surface area contributed by atoms with Gasteiger partial charge >= 0.3 is 0 Å². The quantitative estimate of drug-likeness (QED) is 0.0930. The molecule has 0 saturated carbocycles. The maximum atomic E-state index is 4.24. The first kappa shape index (κ1) is 46.1. The number of rotatable bonds is 15. The standard InChI is InChI=1S/C70H52N2S/c1-3-5-6-10-20-52-27-41-63(42-28-52)71(61(4-2)26-17-21-51-18-11-7-12-19-51)64-43-37-54(38-44-64)53-29-31-55(32-30-53)59-39-45-67-65(49-59)66-50-60(40-46-68(66)72(67)62-24-15-9-16-25-62)56-33-35-58(36-34-56)70-48-47-69(73-70)57-22-13-8-14-23-57/h3-50H,1-2H2/b6-5-,20-10+,21-17+,61-26+. The van der Waals surface area contributed by atoms with Crippen molar-refractivity contribution in [3.63, 3.8) is 0 Å². The lowest BCUT2D eigenvalue weighted by molar-refractivity contribution is 1.18. The Morgan fingerprint density at radius 3 is 1.37 bits per heavy atom. The number of fused-ring (bicyclic) bond motifs is 3. The van der Waals surface area contributed by atoms with E-state index in [-0.39, 0.29) is 0 Å². The predicted octanol–water partition coefficient (Wildman–Crippen LogP) is 19.9. The monoisotopic (exact) mass is 952 g/mol. The fourth-order valence-electron chi connectivity index (χ4n) is 9.52. The van der Waals surface area contributed by atoms with E-state index in [4.69, 9.17) is 0 Å². The van der Waals surface area contributed by atoms with Crippen LogP contribution >= 0.6 is 11.3 Å². The van der Waals surface area contributed by atoms with E-state index in [9.17, 15) is 0 Å². The third kappa shape index (κ3) is 10.0. The van der Waals surface area contributed by atoms with Crippen LogP contribution in [0.2, 0.25) is 0 Å². The summed E-state index contributed by atoms with van der Waals surface area (Å²) in [6, 6.07) is 85.3. The predicted molar refractivity (Wildman–Crippen MR) is 317 cm³/mol. The van der Waals surface area contributed by atoms with Crippen molar-refractivity contribution in [3.05, 3.63) is 309 Å². The zero-order chi connectivity index (χ0) is 49.3. The third-order valence-electron chi connectivity index (χ3n) is 13.2. The van der Waals surface area contributed by atoms with E-state index in [1.807, 2.05) is 41.7 Å². The number of benzene rings is 9. The number of thiophene rings is 1. The van der Waals surface area contributed by atoms with E-state index in [0.717, 1.165) is 45.0 Å². The van der Waals surface area contributed by atoms with Crippen molar-refractivity contribution < 1.29 is 0 Å². The van der Waals surface area contributed by atoms with Gasteiger partial charge in [0.15, 0.2) is 0 Å². The first-order chi connectivity index (χ1) is 36.1. The number of hydrogen-bond acceptors (Lipinski definition) is 2. The highest BCUT2D eigenvalue weighted by molar-refractivity contribution is 7.18. The van der Waals surface area contributed by atoms with Crippen LogP contribution in [0.5, 0.6) is 0 Å². The lowest BCUT2D eigenvalue weighted by Gasteiger charge is -2.26. The molecule has 2 nitrogen and oxygen atoms in total. The molecule has 0 amide bonds. The van der Waals surface area contributed by atoms with Gasteiger partial charge in [-0.3, -0.25) is 0 Å². The van der Waals surface area contributed by atoms with E-state index < -0.39 is 0 Å². The number of anilines is 2. The average Bonchev–Trinajstić information content (AvgIpc) is 4.09. The zero-order valence-corrected chi connectivity index (χ0v) is 41.2. The molecule has 0 bridgehead atoms. The minimum atomic E-state index is 0.961. The Morgan fingerprint density at radius 2 is 0.822 bits per heavy atom. The summed E-state index contributed by atoms with van der Waals surface area (Å²) in [5.74, 6) is 0. The van der Waals surface area contributed by atoms with E-state index in [1.54, 1.807) is 6.08 Å². The van der Waals surface area contributed by atoms with Gasteiger partial charge in [-0.2, -0.15) is 0 Å². The number of aromatic nitrogens is 1. The van der Waals surface area contributed by atoms with Gasteiger partial charge in [0, 0.05) is 43.3 Å². The normalized spacial score (nSPS) is 11.9. The Labute approximate surface area is 432 Å². The molecule has 0 aliphatic rings. The molecule has 0 unspecified atom stereocenters. The highest BCUT2D eigenvalue weighted by Gasteiger charge is 2.17. The molecule has 9 aromatic carbocycles. The number of hydrogen-bond donors (Lipinski definition) is 0. The van der Waals surface area contributed by atoms with Crippen molar-refractivity contribution >= 4 is 56.7 Å². The van der Waals surface area contributed by atoms with Gasteiger partial charge in [0.25, 0.3) is 0 Å². The van der Waals surface area contributed by atoms with Crippen LogP contribution in [0.25, 0.3) is 93.9 Å². The van der Waals surface area contributed by atoms with Gasteiger partial charge in [0.05, 0.1) is 11.0 Å². The van der Waals surface area contributed by atoms with Crippen molar-refractivity contribution in [2.45, 2.75) is 0 Å². The van der Waals surface area contributed by atoms with Crippen LogP contribution in [0.3, 0.4) is 0 Å². The molecule has 3 heteroatoms. The third-order valence-corrected chi connectivity index (χ3v) is 14.4. The van der Waals surface area contributed by atoms with E-state index in [0.29, 0.717) is 0 Å². The highest BCUT2D eigenvalue weighted by atomic mass is 32.1. The van der Waals surface area contributed by atoms with Gasteiger partial charge in [-0.15, -0.1) is 11.3 Å². The summed E-state index contributed by atoms with van der Waals surface area (Å²) in [5, 5.41) is 2.45. The van der Waals surface area contributed by atoms with Gasteiger partial charge in [-0.1, -0.05) is 219 Å². The largest absolute Gasteiger partial charge is 0.311 e. The SMILES string of the molecule is C=C/C=C\C=C\c1ccc(N(/C(C=C)=C/C=C/c2ccccc2)c2ccc(-c3ccc(-c4ccc5c(c4)c4cc(-c6ccc(-c7ccc(-c8ccccc8)s7)cc6)ccc4n5-c4ccccc4)cc3)cc2)cc1. The molecule has 11 aromatic rings. The highest BCUT2D eigenvalue weighted by Crippen LogP contribution is 2.40. The molecule has 73 heavy (non-hydrogen) atoms. The lowest BCUT2D eigenvalue weighted by Crippen LogP contribution is -2.14. The van der Waals surface area contributed by atoms with Crippen LogP contribution in [-0.4, -0.2) is 4.57 Å². The second-order valence-electron chi connectivity index (χ2n) is 17.8. The molecule has 11 rings (SSSR count). The fraction of sp³-hybridized carbons (Fsp3) is 0. The Bertz CT molecular complexity index is 3810. The van der Waals surface area contributed by atoms with E-state index >= 15 is 0 Å². The van der Waals surface area contributed by atoms with Crippen molar-refractivity contribution in [2.24, 2.45) is 0 Å². The molecule has 2 heterocycles. The molecule has 0 atom stereocenters. The van der Waals surface area contributed by atoms with Gasteiger partial charge < -0.3 is 9.47 Å². The molecule has 2 aromatic heterocycles. The summed E-state index contributed by atoms with van der Waals surface area (Å²) < 4.78 is 2.39. The van der Waals surface area contributed by atoms with Crippen LogP contribution in [0.4, 0.5) is 11.4 Å². The van der Waals surface area contributed by atoms with Gasteiger partial charge in [-0.05, 0) is 141 Å². The Kier molecular flexibility index (Phi) is 13.5. The average molecular weight is 953 g/mol. The van der Waals surface area contributed by atoms with Crippen molar-refractivity contribution in [1.29, 1.82) is 0 Å². The van der Waals surface area contributed by atoms with Crippen LogP contribution in [0.15, 0.2) is 298 Å². The lowest BCUT2D eigenvalue weighted by atomic mass is 9.98. The zero-order valence-electron chi connectivity index (χ0n) is 40.4. The molecular weight excluding hydrogens is 901 g/mol. The first-order valence-electron chi connectivity index (χ1n) is 24.6. The maximum Gasteiger partial charge on any atom is 0.0541 e. The molecule has 0 radical (unpaired) electrons. The van der Waals surface area contributed by atoms with Crippen LogP contribution in [-0.2, 0) is 0 Å².